The van der Waals surface area contributed by atoms with Gasteiger partial charge in [-0.25, -0.2) is 9.97 Å². The first kappa shape index (κ1) is 22.9. The van der Waals surface area contributed by atoms with Crippen LogP contribution in [0.15, 0.2) is 60.8 Å². The Morgan fingerprint density at radius 3 is 1.92 bits per heavy atom. The van der Waals surface area contributed by atoms with Gasteiger partial charge in [-0.3, -0.25) is 0 Å². The highest BCUT2D eigenvalue weighted by Crippen LogP contribution is 2.36. The molecule has 7 heteroatoms. The van der Waals surface area contributed by atoms with Crippen LogP contribution in [-0.2, 0) is 0 Å². The van der Waals surface area contributed by atoms with Gasteiger partial charge in [0.25, 0.3) is 0 Å². The minimum absolute atomic E-state index is 0.337. The van der Waals surface area contributed by atoms with E-state index in [0.717, 1.165) is 59.2 Å². The van der Waals surface area contributed by atoms with Crippen LogP contribution < -0.4 is 10.6 Å². The van der Waals surface area contributed by atoms with Gasteiger partial charge in [-0.05, 0) is 66.1 Å². The molecule has 188 valence electrons. The lowest BCUT2D eigenvalue weighted by molar-refractivity contribution is 0.588. The van der Waals surface area contributed by atoms with Crippen LogP contribution >= 0.6 is 11.3 Å². The predicted octanol–water partition coefficient (Wildman–Crippen LogP) is 6.69. The number of fused-ring (bicyclic) bond motifs is 1. The molecule has 0 aliphatic carbocycles. The van der Waals surface area contributed by atoms with Crippen molar-refractivity contribution in [3.05, 3.63) is 72.4 Å². The molecule has 2 saturated heterocycles. The molecule has 6 nitrogen and oxygen atoms in total. The molecule has 0 bridgehead atoms. The Bertz CT molecular complexity index is 1500. The number of nitrogens with one attached hydrogen (secondary N) is 4. The first-order chi connectivity index (χ1) is 18.1. The van der Waals surface area contributed by atoms with Crippen molar-refractivity contribution < 1.29 is 0 Å². The number of thiophene rings is 1. The second kappa shape index (κ2) is 9.24. The largest absolute Gasteiger partial charge is 0.341 e. The van der Waals surface area contributed by atoms with E-state index in [1.807, 2.05) is 6.20 Å². The molecule has 4 atom stereocenters. The molecule has 5 aromatic rings. The lowest BCUT2D eigenvalue weighted by Gasteiger charge is -2.07. The number of benzene rings is 2. The Morgan fingerprint density at radius 1 is 0.730 bits per heavy atom. The average Bonchev–Trinajstić information content (AvgIpc) is 3.72. The number of H-pyrrole nitrogens is 2. The monoisotopic (exact) mass is 508 g/mol. The maximum atomic E-state index is 4.89. The Kier molecular flexibility index (Phi) is 5.72. The SMILES string of the molecule is C[C@@H]1CN[C@H](c2ncc(-c3ccc(-c4ccc(-c5cc6[nH]c([C@@H]7C[C@H](C)CN7)nc6s5)cc4)cc3)[nH]2)C1. The molecule has 0 unspecified atom stereocenters. The van der Waals surface area contributed by atoms with Gasteiger partial charge in [-0.1, -0.05) is 62.4 Å². The summed E-state index contributed by atoms with van der Waals surface area (Å²) in [7, 11) is 0. The maximum Gasteiger partial charge on any atom is 0.142 e. The number of imidazole rings is 2. The molecule has 2 fully saturated rings. The molecule has 2 aliphatic heterocycles. The van der Waals surface area contributed by atoms with Crippen molar-refractivity contribution in [3.63, 3.8) is 0 Å². The highest BCUT2D eigenvalue weighted by atomic mass is 32.1. The number of hydrogen-bond donors (Lipinski definition) is 4. The normalized spacial score (nSPS) is 23.8. The average molecular weight is 509 g/mol. The van der Waals surface area contributed by atoms with Crippen LogP contribution in [0.5, 0.6) is 0 Å². The van der Waals surface area contributed by atoms with Crippen molar-refractivity contribution in [2.45, 2.75) is 38.8 Å². The number of rotatable bonds is 5. The van der Waals surface area contributed by atoms with Crippen LogP contribution in [0.3, 0.4) is 0 Å². The third kappa shape index (κ3) is 4.41. The number of aromatic amines is 2. The van der Waals surface area contributed by atoms with E-state index < -0.39 is 0 Å². The Balaban J connectivity index is 1.06. The van der Waals surface area contributed by atoms with Gasteiger partial charge in [-0.2, -0.15) is 0 Å². The molecule has 3 aromatic heterocycles. The van der Waals surface area contributed by atoms with Crippen LogP contribution in [0.25, 0.3) is 43.2 Å². The van der Waals surface area contributed by atoms with Gasteiger partial charge >= 0.3 is 0 Å². The molecule has 0 radical (unpaired) electrons. The molecule has 7 rings (SSSR count). The number of hydrogen-bond acceptors (Lipinski definition) is 5. The summed E-state index contributed by atoms with van der Waals surface area (Å²) < 4.78 is 0. The Labute approximate surface area is 221 Å². The summed E-state index contributed by atoms with van der Waals surface area (Å²) in [5, 5.41) is 7.13. The predicted molar refractivity (Wildman–Crippen MR) is 151 cm³/mol. The van der Waals surface area contributed by atoms with E-state index in [0.29, 0.717) is 23.9 Å². The second-order valence-corrected chi connectivity index (χ2v) is 11.9. The van der Waals surface area contributed by atoms with Crippen LogP contribution in [0.1, 0.15) is 50.4 Å². The maximum absolute atomic E-state index is 4.89. The van der Waals surface area contributed by atoms with Gasteiger partial charge in [0.1, 0.15) is 16.5 Å². The molecule has 4 N–H and O–H groups in total. The third-order valence-electron chi connectivity index (χ3n) is 7.85. The molecule has 0 spiro atoms. The van der Waals surface area contributed by atoms with E-state index in [1.165, 1.54) is 21.6 Å². The highest BCUT2D eigenvalue weighted by molar-refractivity contribution is 7.21. The van der Waals surface area contributed by atoms with E-state index in [2.05, 4.69) is 94.0 Å². The van der Waals surface area contributed by atoms with Gasteiger partial charge in [0.2, 0.25) is 0 Å². The molecular formula is C30H32N6S. The zero-order valence-corrected chi connectivity index (χ0v) is 22.0. The smallest absolute Gasteiger partial charge is 0.142 e. The molecule has 2 aromatic carbocycles. The minimum atomic E-state index is 0.337. The summed E-state index contributed by atoms with van der Waals surface area (Å²) in [6.07, 6.45) is 4.24. The molecule has 37 heavy (non-hydrogen) atoms. The molecule has 2 aliphatic rings. The first-order valence-corrected chi connectivity index (χ1v) is 14.1. The summed E-state index contributed by atoms with van der Waals surface area (Å²) in [5.74, 6) is 3.53. The van der Waals surface area contributed by atoms with Gasteiger partial charge in [0, 0.05) is 4.88 Å². The van der Waals surface area contributed by atoms with Crippen LogP contribution in [0.2, 0.25) is 0 Å². The van der Waals surface area contributed by atoms with Crippen molar-refractivity contribution in [1.82, 2.24) is 30.6 Å². The minimum Gasteiger partial charge on any atom is -0.341 e. The van der Waals surface area contributed by atoms with Crippen LogP contribution in [0.4, 0.5) is 0 Å². The van der Waals surface area contributed by atoms with Gasteiger partial charge in [-0.15, -0.1) is 11.3 Å². The van der Waals surface area contributed by atoms with E-state index in [4.69, 9.17) is 4.98 Å². The van der Waals surface area contributed by atoms with E-state index in [-0.39, 0.29) is 0 Å². The van der Waals surface area contributed by atoms with Crippen molar-refractivity contribution >= 4 is 21.7 Å². The van der Waals surface area contributed by atoms with E-state index >= 15 is 0 Å². The topological polar surface area (TPSA) is 81.4 Å². The van der Waals surface area contributed by atoms with E-state index in [9.17, 15) is 0 Å². The first-order valence-electron chi connectivity index (χ1n) is 13.3. The summed E-state index contributed by atoms with van der Waals surface area (Å²) in [6.45, 7) is 6.70. The fraction of sp³-hybridized carbons (Fsp3) is 0.333. The lowest BCUT2D eigenvalue weighted by Crippen LogP contribution is -2.14. The molecule has 0 saturated carbocycles. The zero-order chi connectivity index (χ0) is 24.9. The fourth-order valence-electron chi connectivity index (χ4n) is 5.71. The lowest BCUT2D eigenvalue weighted by atomic mass is 10.0. The zero-order valence-electron chi connectivity index (χ0n) is 21.2. The molecular weight excluding hydrogens is 476 g/mol. The van der Waals surface area contributed by atoms with Crippen molar-refractivity contribution in [3.8, 4) is 32.8 Å². The molecule has 5 heterocycles. The number of aromatic nitrogens is 4. The Hall–Kier alpha value is -3.26. The highest BCUT2D eigenvalue weighted by Gasteiger charge is 2.26. The van der Waals surface area contributed by atoms with Gasteiger partial charge < -0.3 is 20.6 Å². The van der Waals surface area contributed by atoms with Crippen molar-refractivity contribution in [2.75, 3.05) is 13.1 Å². The van der Waals surface area contributed by atoms with E-state index in [1.54, 1.807) is 11.3 Å². The van der Waals surface area contributed by atoms with Crippen molar-refractivity contribution in [1.29, 1.82) is 0 Å². The Morgan fingerprint density at radius 2 is 1.32 bits per heavy atom. The standard InChI is InChI=1S/C30H32N6S/c1-17-11-23(31-14-17)28-33-16-26(35-28)21-7-3-19(4-8-21)20-5-9-22(10-6-20)27-13-25-30(37-27)36-29(34-25)24-12-18(2)15-32-24/h3-10,13,16-18,23-24,31-32H,11-12,14-15H2,1-2H3,(H,33,35)(H,34,36)/t17-,18-,23-,24-/m0/s1. The summed E-state index contributed by atoms with van der Waals surface area (Å²) in [4.78, 5) is 18.9. The van der Waals surface area contributed by atoms with Gasteiger partial charge in [0.15, 0.2) is 0 Å². The summed E-state index contributed by atoms with van der Waals surface area (Å²) in [6, 6.07) is 20.5. The summed E-state index contributed by atoms with van der Waals surface area (Å²) >= 11 is 1.76. The third-order valence-corrected chi connectivity index (χ3v) is 8.93. The van der Waals surface area contributed by atoms with Crippen LogP contribution in [-0.4, -0.2) is 33.0 Å². The number of nitrogens with zero attached hydrogens (tertiary/aromatic N) is 2. The fourth-order valence-corrected chi connectivity index (χ4v) is 6.71. The second-order valence-electron chi connectivity index (χ2n) is 10.9. The van der Waals surface area contributed by atoms with Crippen LogP contribution in [0, 0.1) is 11.8 Å². The van der Waals surface area contributed by atoms with Crippen molar-refractivity contribution in [2.24, 2.45) is 11.8 Å². The molecule has 0 amide bonds. The van der Waals surface area contributed by atoms with Gasteiger partial charge in [0.05, 0.1) is 29.5 Å². The summed E-state index contributed by atoms with van der Waals surface area (Å²) in [5.41, 5.74) is 7.02. The quantitative estimate of drug-likeness (QED) is 0.213.